The molecule has 0 unspecified atom stereocenters. The summed E-state index contributed by atoms with van der Waals surface area (Å²) in [6.45, 7) is 4.39. The number of hydrogen-bond acceptors (Lipinski definition) is 2. The molecule has 0 N–H and O–H groups in total. The van der Waals surface area contributed by atoms with Crippen LogP contribution in [-0.2, 0) is 0 Å². The van der Waals surface area contributed by atoms with Crippen molar-refractivity contribution in [1.29, 1.82) is 0 Å². The van der Waals surface area contributed by atoms with Gasteiger partial charge in [0.05, 0.1) is 0 Å². The number of hydrogen-bond donors (Lipinski definition) is 0. The van der Waals surface area contributed by atoms with Crippen LogP contribution in [0.2, 0.25) is 0 Å². The van der Waals surface area contributed by atoms with E-state index in [1.54, 1.807) is 0 Å². The van der Waals surface area contributed by atoms with Gasteiger partial charge in [-0.1, -0.05) is 71.1 Å². The Kier molecular flexibility index (Phi) is 7.95. The molecule has 2 aliphatic rings. The molecular formula is C24H40N2. The Bertz CT molecular complexity index is 493. The molecule has 26 heavy (non-hydrogen) atoms. The number of nitrogens with zero attached hydrogens (tertiary/aromatic N) is 2. The van der Waals surface area contributed by atoms with Crippen LogP contribution in [0.25, 0.3) is 0 Å². The van der Waals surface area contributed by atoms with Crippen molar-refractivity contribution in [2.75, 3.05) is 0 Å². The van der Waals surface area contributed by atoms with Gasteiger partial charge in [-0.2, -0.15) is 0 Å². The van der Waals surface area contributed by atoms with Crippen molar-refractivity contribution in [1.82, 2.24) is 9.97 Å². The number of aromatic nitrogens is 2. The molecule has 2 nitrogen and oxygen atoms in total. The van der Waals surface area contributed by atoms with Crippen LogP contribution in [0.5, 0.6) is 0 Å². The lowest BCUT2D eigenvalue weighted by atomic mass is 9.74. The first kappa shape index (κ1) is 19.8. The topological polar surface area (TPSA) is 25.8 Å². The van der Waals surface area contributed by atoms with E-state index in [4.69, 9.17) is 0 Å². The third-order valence-electron chi connectivity index (χ3n) is 7.18. The summed E-state index contributed by atoms with van der Waals surface area (Å²) < 4.78 is 0. The lowest BCUT2D eigenvalue weighted by Crippen LogP contribution is -2.18. The maximum atomic E-state index is 4.57. The largest absolute Gasteiger partial charge is 0.241 e. The molecule has 0 saturated heterocycles. The minimum atomic E-state index is 0.616. The molecule has 3 rings (SSSR count). The molecule has 2 fully saturated rings. The van der Waals surface area contributed by atoms with Crippen LogP contribution in [-0.4, -0.2) is 9.97 Å². The van der Waals surface area contributed by atoms with E-state index in [0.29, 0.717) is 5.92 Å². The summed E-state index contributed by atoms with van der Waals surface area (Å²) in [5, 5.41) is 0. The highest BCUT2D eigenvalue weighted by Gasteiger charge is 2.26. The fourth-order valence-electron chi connectivity index (χ4n) is 5.29. The van der Waals surface area contributed by atoms with Gasteiger partial charge in [0.2, 0.25) is 0 Å². The maximum Gasteiger partial charge on any atom is 0.131 e. The average Bonchev–Trinajstić information content (AvgIpc) is 2.69. The van der Waals surface area contributed by atoms with Crippen LogP contribution < -0.4 is 0 Å². The lowest BCUT2D eigenvalue weighted by Gasteiger charge is -2.31. The van der Waals surface area contributed by atoms with Gasteiger partial charge in [-0.3, -0.25) is 0 Å². The first-order valence-electron chi connectivity index (χ1n) is 11.5. The van der Waals surface area contributed by atoms with E-state index in [-0.39, 0.29) is 0 Å². The van der Waals surface area contributed by atoms with Gasteiger partial charge < -0.3 is 0 Å². The SMILES string of the molecule is CCCCCC1CCC(CCC2CCC(c3ncc(C)cn3)CC2)CC1. The first-order chi connectivity index (χ1) is 12.7. The van der Waals surface area contributed by atoms with Gasteiger partial charge >= 0.3 is 0 Å². The predicted octanol–water partition coefficient (Wildman–Crippen LogP) is 7.23. The summed E-state index contributed by atoms with van der Waals surface area (Å²) in [6, 6.07) is 0. The maximum absolute atomic E-state index is 4.57. The molecule has 1 aromatic heterocycles. The van der Waals surface area contributed by atoms with Crippen molar-refractivity contribution in [2.45, 2.75) is 110 Å². The monoisotopic (exact) mass is 356 g/mol. The van der Waals surface area contributed by atoms with E-state index < -0.39 is 0 Å². The van der Waals surface area contributed by atoms with Gasteiger partial charge in [-0.25, -0.2) is 9.97 Å². The normalized spacial score (nSPS) is 29.6. The summed E-state index contributed by atoms with van der Waals surface area (Å²) in [5.74, 6) is 4.78. The Hall–Kier alpha value is -0.920. The molecule has 0 aromatic carbocycles. The number of unbranched alkanes of at least 4 members (excludes halogenated alkanes) is 2. The molecule has 2 heteroatoms. The Labute approximate surface area is 161 Å². The van der Waals surface area contributed by atoms with Gasteiger partial charge in [0.1, 0.15) is 5.82 Å². The second kappa shape index (κ2) is 10.4. The summed E-state index contributed by atoms with van der Waals surface area (Å²) >= 11 is 0. The van der Waals surface area contributed by atoms with Crippen LogP contribution in [0, 0.1) is 24.7 Å². The third-order valence-corrected chi connectivity index (χ3v) is 7.18. The molecule has 1 heterocycles. The quantitative estimate of drug-likeness (QED) is 0.459. The van der Waals surface area contributed by atoms with E-state index in [9.17, 15) is 0 Å². The zero-order chi connectivity index (χ0) is 18.2. The van der Waals surface area contributed by atoms with E-state index >= 15 is 0 Å². The molecule has 2 aliphatic carbocycles. The van der Waals surface area contributed by atoms with E-state index in [1.807, 2.05) is 12.4 Å². The van der Waals surface area contributed by atoms with Crippen molar-refractivity contribution < 1.29 is 0 Å². The fourth-order valence-corrected chi connectivity index (χ4v) is 5.29. The Balaban J connectivity index is 1.30. The molecule has 0 atom stereocenters. The van der Waals surface area contributed by atoms with E-state index in [0.717, 1.165) is 23.6 Å². The van der Waals surface area contributed by atoms with Crippen molar-refractivity contribution in [3.63, 3.8) is 0 Å². The molecule has 0 amide bonds. The standard InChI is InChI=1S/C24H40N2/c1-3-4-5-6-20-7-9-21(10-8-20)11-12-22-13-15-23(16-14-22)24-25-17-19(2)18-26-24/h17-18,20-23H,3-16H2,1-2H3. The summed E-state index contributed by atoms with van der Waals surface area (Å²) in [5.41, 5.74) is 1.17. The Morgan fingerprint density at radius 1 is 0.731 bits per heavy atom. The van der Waals surface area contributed by atoms with Crippen LogP contribution in [0.4, 0.5) is 0 Å². The van der Waals surface area contributed by atoms with E-state index in [2.05, 4.69) is 23.8 Å². The highest BCUT2D eigenvalue weighted by Crippen LogP contribution is 2.39. The number of rotatable bonds is 8. The molecule has 1 aromatic rings. The summed E-state index contributed by atoms with van der Waals surface area (Å²) in [7, 11) is 0. The summed E-state index contributed by atoms with van der Waals surface area (Å²) in [6.07, 6.45) is 24.2. The Morgan fingerprint density at radius 2 is 1.23 bits per heavy atom. The minimum absolute atomic E-state index is 0.616. The second-order valence-corrected chi connectivity index (χ2v) is 9.30. The minimum Gasteiger partial charge on any atom is -0.241 e. The van der Waals surface area contributed by atoms with Crippen LogP contribution in [0.3, 0.4) is 0 Å². The zero-order valence-electron chi connectivity index (χ0n) is 17.3. The van der Waals surface area contributed by atoms with Crippen LogP contribution in [0.1, 0.15) is 114 Å². The number of aryl methyl sites for hydroxylation is 1. The van der Waals surface area contributed by atoms with Crippen molar-refractivity contribution in [3.05, 3.63) is 23.8 Å². The zero-order valence-corrected chi connectivity index (χ0v) is 17.3. The van der Waals surface area contributed by atoms with Crippen molar-refractivity contribution in [2.24, 2.45) is 17.8 Å². The van der Waals surface area contributed by atoms with Gasteiger partial charge in [-0.15, -0.1) is 0 Å². The Morgan fingerprint density at radius 3 is 1.77 bits per heavy atom. The fraction of sp³-hybridized carbons (Fsp3) is 0.833. The smallest absolute Gasteiger partial charge is 0.131 e. The molecule has 2 saturated carbocycles. The predicted molar refractivity (Wildman–Crippen MR) is 110 cm³/mol. The van der Waals surface area contributed by atoms with Gasteiger partial charge in [0.15, 0.2) is 0 Å². The van der Waals surface area contributed by atoms with E-state index in [1.165, 1.54) is 95.5 Å². The molecule has 0 spiro atoms. The van der Waals surface area contributed by atoms with Crippen LogP contribution >= 0.6 is 0 Å². The lowest BCUT2D eigenvalue weighted by molar-refractivity contribution is 0.221. The molecule has 0 radical (unpaired) electrons. The van der Waals surface area contributed by atoms with Gasteiger partial charge in [-0.05, 0) is 55.9 Å². The van der Waals surface area contributed by atoms with Crippen molar-refractivity contribution in [3.8, 4) is 0 Å². The highest BCUT2D eigenvalue weighted by molar-refractivity contribution is 5.05. The molecular weight excluding hydrogens is 316 g/mol. The molecule has 0 aliphatic heterocycles. The second-order valence-electron chi connectivity index (χ2n) is 9.30. The van der Waals surface area contributed by atoms with Gasteiger partial charge in [0.25, 0.3) is 0 Å². The van der Waals surface area contributed by atoms with Gasteiger partial charge in [0, 0.05) is 18.3 Å². The average molecular weight is 357 g/mol. The van der Waals surface area contributed by atoms with Crippen LogP contribution in [0.15, 0.2) is 12.4 Å². The highest BCUT2D eigenvalue weighted by atomic mass is 14.9. The first-order valence-corrected chi connectivity index (χ1v) is 11.5. The van der Waals surface area contributed by atoms with Crippen molar-refractivity contribution >= 4 is 0 Å². The third kappa shape index (κ3) is 6.06. The molecule has 0 bridgehead atoms. The summed E-state index contributed by atoms with van der Waals surface area (Å²) in [4.78, 5) is 9.14. The molecule has 146 valence electrons.